The lowest BCUT2D eigenvalue weighted by Gasteiger charge is -2.42. The Labute approximate surface area is 205 Å². The van der Waals surface area contributed by atoms with Gasteiger partial charge in [0.15, 0.2) is 5.78 Å². The summed E-state index contributed by atoms with van der Waals surface area (Å²) in [6.45, 7) is 0.766. The first-order valence-electron chi connectivity index (χ1n) is 13.3. The molecule has 0 atom stereocenters. The van der Waals surface area contributed by atoms with Crippen LogP contribution in [-0.4, -0.2) is 32.4 Å². The van der Waals surface area contributed by atoms with Crippen molar-refractivity contribution in [1.29, 1.82) is 0 Å². The lowest BCUT2D eigenvalue weighted by Crippen LogP contribution is -2.41. The Morgan fingerprint density at radius 1 is 1.00 bits per heavy atom. The number of benzene rings is 1. The van der Waals surface area contributed by atoms with E-state index in [-0.39, 0.29) is 17.1 Å². The highest BCUT2D eigenvalue weighted by molar-refractivity contribution is 6.00. The van der Waals surface area contributed by atoms with E-state index in [2.05, 4.69) is 20.2 Å². The Morgan fingerprint density at radius 2 is 1.74 bits per heavy atom. The van der Waals surface area contributed by atoms with E-state index in [0.29, 0.717) is 24.5 Å². The molecule has 35 heavy (non-hydrogen) atoms. The van der Waals surface area contributed by atoms with Crippen molar-refractivity contribution in [3.63, 3.8) is 0 Å². The average Bonchev–Trinajstić information content (AvgIpc) is 3.28. The number of aromatic nitrogens is 3. The highest BCUT2D eigenvalue weighted by atomic mass is 19.1. The van der Waals surface area contributed by atoms with E-state index in [1.807, 2.05) is 24.4 Å². The summed E-state index contributed by atoms with van der Waals surface area (Å²) >= 11 is 0. The summed E-state index contributed by atoms with van der Waals surface area (Å²) in [6.07, 6.45) is 13.7. The number of carbonyl (C=O) groups excluding carboxylic acids is 1. The van der Waals surface area contributed by atoms with Crippen molar-refractivity contribution in [2.24, 2.45) is 0 Å². The molecule has 2 fully saturated rings. The van der Waals surface area contributed by atoms with Gasteiger partial charge in [0.25, 0.3) is 0 Å². The van der Waals surface area contributed by atoms with Crippen LogP contribution in [0.2, 0.25) is 0 Å². The summed E-state index contributed by atoms with van der Waals surface area (Å²) in [4.78, 5) is 22.3. The minimum absolute atomic E-state index is 0.0448. The number of anilines is 1. The van der Waals surface area contributed by atoms with Gasteiger partial charge < -0.3 is 15.2 Å². The van der Waals surface area contributed by atoms with Crippen molar-refractivity contribution in [2.45, 2.75) is 94.8 Å². The van der Waals surface area contributed by atoms with Crippen LogP contribution in [0.1, 0.15) is 86.7 Å². The lowest BCUT2D eigenvalue weighted by atomic mass is 9.75. The van der Waals surface area contributed by atoms with Crippen LogP contribution in [0.3, 0.4) is 0 Å². The summed E-state index contributed by atoms with van der Waals surface area (Å²) in [5.74, 6) is 0.715. The number of Topliss-reactive ketones (excluding diaryl/α,β-unsaturated/α-hetero) is 1. The second-order valence-electron chi connectivity index (χ2n) is 10.7. The molecule has 2 N–H and O–H groups in total. The quantitative estimate of drug-likeness (QED) is 0.494. The number of nitrogens with one attached hydrogen (secondary N) is 2. The molecule has 2 saturated carbocycles. The molecule has 0 bridgehead atoms. The third kappa shape index (κ3) is 4.46. The molecule has 0 saturated heterocycles. The van der Waals surface area contributed by atoms with Crippen LogP contribution < -0.4 is 10.6 Å². The molecule has 1 aliphatic heterocycles. The van der Waals surface area contributed by atoms with Gasteiger partial charge in [-0.15, -0.1) is 0 Å². The Morgan fingerprint density at radius 3 is 2.51 bits per heavy atom. The topological polar surface area (TPSA) is 71.8 Å². The number of nitrogens with zero attached hydrogens (tertiary/aromatic N) is 3. The Kier molecular flexibility index (Phi) is 6.04. The maximum absolute atomic E-state index is 13.1. The highest BCUT2D eigenvalue weighted by Crippen LogP contribution is 2.45. The van der Waals surface area contributed by atoms with Crippen LogP contribution in [0.5, 0.6) is 0 Å². The first-order valence-corrected chi connectivity index (χ1v) is 13.3. The fourth-order valence-corrected chi connectivity index (χ4v) is 6.50. The zero-order valence-corrected chi connectivity index (χ0v) is 20.2. The van der Waals surface area contributed by atoms with Gasteiger partial charge in [-0.05, 0) is 68.7 Å². The Balaban J connectivity index is 1.13. The number of carbonyl (C=O) groups is 1. The molecule has 6 rings (SSSR count). The summed E-state index contributed by atoms with van der Waals surface area (Å²) in [7, 11) is 0. The van der Waals surface area contributed by atoms with Crippen molar-refractivity contribution in [1.82, 2.24) is 19.9 Å². The van der Waals surface area contributed by atoms with Crippen molar-refractivity contribution >= 4 is 22.8 Å². The second-order valence-corrected chi connectivity index (χ2v) is 10.7. The summed E-state index contributed by atoms with van der Waals surface area (Å²) in [6, 6.07) is 9.54. The zero-order chi connectivity index (χ0) is 23.8. The number of halogens is 1. The molecule has 184 valence electrons. The first-order chi connectivity index (χ1) is 17.1. The Bertz CT molecular complexity index is 1210. The fourth-order valence-electron chi connectivity index (χ4n) is 6.50. The summed E-state index contributed by atoms with van der Waals surface area (Å²) < 4.78 is 15.4. The predicted molar refractivity (Wildman–Crippen MR) is 135 cm³/mol. The maximum Gasteiger partial charge on any atom is 0.224 e. The number of hydrogen-bond acceptors (Lipinski definition) is 5. The average molecular weight is 476 g/mol. The molecular formula is C28H34FN5O. The van der Waals surface area contributed by atoms with E-state index in [4.69, 9.17) is 4.98 Å². The molecule has 3 heterocycles. The lowest BCUT2D eigenvalue weighted by molar-refractivity contribution is 0.0852. The normalized spacial score (nSPS) is 24.0. The fraction of sp³-hybridized carbons (Fsp3) is 0.536. The molecule has 3 aromatic rings. The number of fused-ring (bicyclic) bond motifs is 4. The Hall–Kier alpha value is -2.80. The maximum atomic E-state index is 13.1. The van der Waals surface area contributed by atoms with E-state index in [9.17, 15) is 9.18 Å². The molecule has 0 amide bonds. The van der Waals surface area contributed by atoms with E-state index >= 15 is 0 Å². The monoisotopic (exact) mass is 475 g/mol. The predicted octanol–water partition coefficient (Wildman–Crippen LogP) is 5.72. The standard InChI is InChI=1S/C28H34FN5O/c29-21-6-4-19(5-7-21)17-30-22-8-10-23(11-9-22)32-27-31-18-20-16-24-25(35)12-15-28(13-2-1-3-14-28)34(24)26(20)33-27/h4-7,16,18,22-23,30H,1-3,8-15,17H2,(H,31,32,33). The van der Waals surface area contributed by atoms with Gasteiger partial charge in [0.2, 0.25) is 5.95 Å². The number of hydrogen-bond donors (Lipinski definition) is 2. The van der Waals surface area contributed by atoms with Crippen LogP contribution >= 0.6 is 0 Å². The highest BCUT2D eigenvalue weighted by Gasteiger charge is 2.41. The largest absolute Gasteiger partial charge is 0.351 e. The van der Waals surface area contributed by atoms with Gasteiger partial charge in [-0.2, -0.15) is 4.98 Å². The number of rotatable bonds is 5. The molecule has 1 spiro atoms. The van der Waals surface area contributed by atoms with Crippen LogP contribution in [-0.2, 0) is 12.1 Å². The van der Waals surface area contributed by atoms with Crippen LogP contribution in [0.25, 0.3) is 11.0 Å². The second kappa shape index (κ2) is 9.34. The summed E-state index contributed by atoms with van der Waals surface area (Å²) in [5, 5.41) is 8.17. The van der Waals surface area contributed by atoms with Gasteiger partial charge in [-0.3, -0.25) is 4.79 Å². The van der Waals surface area contributed by atoms with E-state index in [1.54, 1.807) is 0 Å². The molecule has 0 unspecified atom stereocenters. The summed E-state index contributed by atoms with van der Waals surface area (Å²) in [5.41, 5.74) is 2.90. The van der Waals surface area contributed by atoms with Gasteiger partial charge in [-0.1, -0.05) is 31.4 Å². The van der Waals surface area contributed by atoms with Crippen molar-refractivity contribution in [3.05, 3.63) is 53.6 Å². The molecular weight excluding hydrogens is 441 g/mol. The number of ketones is 1. The van der Waals surface area contributed by atoms with E-state index in [0.717, 1.165) is 73.8 Å². The molecule has 6 nitrogen and oxygen atoms in total. The van der Waals surface area contributed by atoms with Crippen molar-refractivity contribution in [2.75, 3.05) is 5.32 Å². The SMILES string of the molecule is O=C1CCC2(CCCCC2)n2c1cc1cnc(NC3CCC(NCc4ccc(F)cc4)CC3)nc12. The third-order valence-corrected chi connectivity index (χ3v) is 8.47. The van der Waals surface area contributed by atoms with Gasteiger partial charge in [-0.25, -0.2) is 9.37 Å². The van der Waals surface area contributed by atoms with Gasteiger partial charge in [0, 0.05) is 42.2 Å². The molecule has 0 radical (unpaired) electrons. The van der Waals surface area contributed by atoms with E-state index < -0.39 is 0 Å². The zero-order valence-electron chi connectivity index (χ0n) is 20.2. The molecule has 1 aromatic carbocycles. The molecule has 2 aromatic heterocycles. The van der Waals surface area contributed by atoms with Crippen LogP contribution in [0.15, 0.2) is 36.5 Å². The van der Waals surface area contributed by atoms with Crippen molar-refractivity contribution < 1.29 is 9.18 Å². The first kappa shape index (κ1) is 22.7. The van der Waals surface area contributed by atoms with Gasteiger partial charge >= 0.3 is 0 Å². The third-order valence-electron chi connectivity index (χ3n) is 8.47. The van der Waals surface area contributed by atoms with E-state index in [1.165, 1.54) is 31.4 Å². The minimum Gasteiger partial charge on any atom is -0.351 e. The minimum atomic E-state index is -0.193. The molecule has 3 aliphatic rings. The van der Waals surface area contributed by atoms with Gasteiger partial charge in [0.05, 0.1) is 5.69 Å². The van der Waals surface area contributed by atoms with Crippen LogP contribution in [0, 0.1) is 5.82 Å². The van der Waals surface area contributed by atoms with Crippen molar-refractivity contribution in [3.8, 4) is 0 Å². The van der Waals surface area contributed by atoms with Gasteiger partial charge in [0.1, 0.15) is 11.5 Å². The molecule has 7 heteroatoms. The van der Waals surface area contributed by atoms with Crippen LogP contribution in [0.4, 0.5) is 10.3 Å². The molecule has 2 aliphatic carbocycles. The smallest absolute Gasteiger partial charge is 0.224 e.